The monoisotopic (exact) mass is 380 g/mol. The molecule has 5 nitrogen and oxygen atoms in total. The third-order valence-corrected chi connectivity index (χ3v) is 4.69. The van der Waals surface area contributed by atoms with Gasteiger partial charge in [-0.1, -0.05) is 54.5 Å². The number of guanidine groups is 1. The van der Waals surface area contributed by atoms with Gasteiger partial charge in [0.1, 0.15) is 11.6 Å². The van der Waals surface area contributed by atoms with E-state index in [4.69, 9.17) is 10.3 Å². The van der Waals surface area contributed by atoms with Crippen LogP contribution in [0.5, 0.6) is 0 Å². The fraction of sp³-hybridized carbons (Fsp3) is 0.273. The smallest absolute Gasteiger partial charge is 0.190 e. The van der Waals surface area contributed by atoms with Crippen molar-refractivity contribution in [1.29, 1.82) is 0 Å². The minimum Gasteiger partial charge on any atom is -0.370 e. The Morgan fingerprint density at radius 2 is 1.93 bits per heavy atom. The summed E-state index contributed by atoms with van der Waals surface area (Å²) < 4.78 is 20.1. The minimum absolute atomic E-state index is 0.0767. The molecule has 146 valence electrons. The Bertz CT molecular complexity index is 950. The lowest BCUT2D eigenvalue weighted by Gasteiger charge is -2.11. The highest BCUT2D eigenvalue weighted by molar-refractivity contribution is 5.77. The summed E-state index contributed by atoms with van der Waals surface area (Å²) in [6, 6.07) is 16.7. The lowest BCUT2D eigenvalue weighted by atomic mass is 9.94. The van der Waals surface area contributed by atoms with Gasteiger partial charge in [0.15, 0.2) is 5.96 Å². The molecule has 0 saturated heterocycles. The fourth-order valence-electron chi connectivity index (χ4n) is 2.90. The number of nitrogens with two attached hydrogens (primary N) is 1. The van der Waals surface area contributed by atoms with E-state index in [0.29, 0.717) is 24.5 Å². The fourth-order valence-corrected chi connectivity index (χ4v) is 2.90. The zero-order chi connectivity index (χ0) is 20.1. The number of hydrogen-bond donors (Lipinski definition) is 1. The van der Waals surface area contributed by atoms with E-state index in [9.17, 15) is 4.39 Å². The van der Waals surface area contributed by atoms with Gasteiger partial charge in [-0.2, -0.15) is 0 Å². The number of benzene rings is 2. The molecule has 1 aromatic heterocycles. The second-order valence-corrected chi connectivity index (χ2v) is 6.93. The van der Waals surface area contributed by atoms with Crippen LogP contribution in [0.3, 0.4) is 0 Å². The summed E-state index contributed by atoms with van der Waals surface area (Å²) in [4.78, 5) is 6.02. The van der Waals surface area contributed by atoms with Crippen molar-refractivity contribution in [2.45, 2.75) is 19.3 Å². The van der Waals surface area contributed by atoms with Crippen LogP contribution >= 0.6 is 0 Å². The average Bonchev–Trinajstić information content (AvgIpc) is 3.16. The van der Waals surface area contributed by atoms with Crippen molar-refractivity contribution in [3.05, 3.63) is 77.4 Å². The number of hydrogen-bond acceptors (Lipinski definition) is 3. The topological polar surface area (TPSA) is 67.7 Å². The zero-order valence-electron chi connectivity index (χ0n) is 16.4. The molecular formula is C22H25FN4O. The Hall–Kier alpha value is -3.15. The van der Waals surface area contributed by atoms with Crippen molar-refractivity contribution in [3.63, 3.8) is 0 Å². The third kappa shape index (κ3) is 4.57. The number of rotatable bonds is 6. The van der Waals surface area contributed by atoms with Crippen LogP contribution in [0.25, 0.3) is 11.1 Å². The summed E-state index contributed by atoms with van der Waals surface area (Å²) in [5.41, 5.74) is 8.85. The molecule has 2 aromatic carbocycles. The lowest BCUT2D eigenvalue weighted by Crippen LogP contribution is -2.30. The zero-order valence-corrected chi connectivity index (χ0v) is 16.4. The van der Waals surface area contributed by atoms with Crippen LogP contribution < -0.4 is 5.73 Å². The van der Waals surface area contributed by atoms with Gasteiger partial charge in [0.2, 0.25) is 0 Å². The minimum atomic E-state index is -0.243. The first-order valence-corrected chi connectivity index (χ1v) is 9.23. The molecule has 3 rings (SSSR count). The molecular weight excluding hydrogens is 355 g/mol. The van der Waals surface area contributed by atoms with Crippen molar-refractivity contribution in [3.8, 4) is 11.1 Å². The van der Waals surface area contributed by atoms with Gasteiger partial charge < -0.3 is 15.2 Å². The normalized spacial score (nSPS) is 12.8. The van der Waals surface area contributed by atoms with Gasteiger partial charge in [0.05, 0.1) is 5.69 Å². The maximum absolute atomic E-state index is 14.7. The van der Waals surface area contributed by atoms with Crippen molar-refractivity contribution >= 4 is 5.96 Å². The number of nitrogens with zero attached hydrogens (tertiary/aromatic N) is 3. The first-order valence-electron chi connectivity index (χ1n) is 9.23. The summed E-state index contributed by atoms with van der Waals surface area (Å²) in [6.45, 7) is 2.51. The van der Waals surface area contributed by atoms with Gasteiger partial charge in [0.25, 0.3) is 0 Å². The molecule has 1 heterocycles. The van der Waals surface area contributed by atoms with Crippen LogP contribution in [-0.4, -0.2) is 36.7 Å². The van der Waals surface area contributed by atoms with Crippen molar-refractivity contribution < 1.29 is 8.91 Å². The summed E-state index contributed by atoms with van der Waals surface area (Å²) in [7, 11) is 3.69. The number of halogens is 1. The molecule has 28 heavy (non-hydrogen) atoms. The Morgan fingerprint density at radius 3 is 2.61 bits per heavy atom. The Labute approximate surface area is 164 Å². The van der Waals surface area contributed by atoms with Gasteiger partial charge >= 0.3 is 0 Å². The van der Waals surface area contributed by atoms with E-state index < -0.39 is 0 Å². The predicted molar refractivity (Wildman–Crippen MR) is 110 cm³/mol. The molecule has 0 aliphatic rings. The van der Waals surface area contributed by atoms with Crippen LogP contribution in [0, 0.1) is 5.82 Å². The van der Waals surface area contributed by atoms with Crippen molar-refractivity contribution in [2.75, 3.05) is 20.6 Å². The first-order chi connectivity index (χ1) is 13.5. The molecule has 0 aliphatic carbocycles. The van der Waals surface area contributed by atoms with Gasteiger partial charge in [-0.15, -0.1) is 0 Å². The van der Waals surface area contributed by atoms with Crippen LogP contribution in [0.1, 0.15) is 29.9 Å². The maximum atomic E-state index is 14.7. The molecule has 0 radical (unpaired) electrons. The van der Waals surface area contributed by atoms with E-state index in [0.717, 1.165) is 22.6 Å². The van der Waals surface area contributed by atoms with Gasteiger partial charge in [-0.05, 0) is 17.2 Å². The molecule has 6 heteroatoms. The first kappa shape index (κ1) is 19.6. The van der Waals surface area contributed by atoms with Crippen molar-refractivity contribution in [1.82, 2.24) is 10.1 Å². The highest BCUT2D eigenvalue weighted by Gasteiger charge is 2.16. The van der Waals surface area contributed by atoms with E-state index in [-0.39, 0.29) is 11.7 Å². The lowest BCUT2D eigenvalue weighted by molar-refractivity contribution is 0.377. The van der Waals surface area contributed by atoms with E-state index >= 15 is 0 Å². The molecule has 0 aliphatic heterocycles. The van der Waals surface area contributed by atoms with Crippen molar-refractivity contribution in [2.24, 2.45) is 10.7 Å². The van der Waals surface area contributed by atoms with E-state index in [2.05, 4.69) is 10.1 Å². The summed E-state index contributed by atoms with van der Waals surface area (Å²) in [5, 5.41) is 4.15. The van der Waals surface area contributed by atoms with E-state index in [1.807, 2.05) is 69.6 Å². The molecule has 2 N–H and O–H groups in total. The highest BCUT2D eigenvalue weighted by atomic mass is 19.1. The van der Waals surface area contributed by atoms with Crippen LogP contribution in [-0.2, 0) is 6.42 Å². The molecule has 1 atom stereocenters. The molecule has 0 bridgehead atoms. The van der Waals surface area contributed by atoms with Gasteiger partial charge in [-0.25, -0.2) is 4.39 Å². The SMILES string of the molecule is CC(c1ccc(-c2ccccc2)c(F)c1)c1cc(CCN=C(N)N(C)C)on1. The van der Waals surface area contributed by atoms with Crippen LogP contribution in [0.15, 0.2) is 64.1 Å². The average molecular weight is 380 g/mol. The predicted octanol–water partition coefficient (Wildman–Crippen LogP) is 4.05. The summed E-state index contributed by atoms with van der Waals surface area (Å²) in [5.74, 6) is 0.889. The number of aromatic nitrogens is 1. The largest absolute Gasteiger partial charge is 0.370 e. The quantitative estimate of drug-likeness (QED) is 0.517. The van der Waals surface area contributed by atoms with Gasteiger partial charge in [-0.3, -0.25) is 4.99 Å². The molecule has 3 aromatic rings. The maximum Gasteiger partial charge on any atom is 0.190 e. The van der Waals surface area contributed by atoms with E-state index in [1.54, 1.807) is 11.0 Å². The third-order valence-electron chi connectivity index (χ3n) is 4.69. The van der Waals surface area contributed by atoms with Gasteiger partial charge in [0, 0.05) is 44.6 Å². The molecule has 0 amide bonds. The highest BCUT2D eigenvalue weighted by Crippen LogP contribution is 2.29. The Morgan fingerprint density at radius 1 is 1.18 bits per heavy atom. The summed E-state index contributed by atoms with van der Waals surface area (Å²) in [6.07, 6.45) is 0.607. The molecule has 0 saturated carbocycles. The van der Waals surface area contributed by atoms with Crippen LogP contribution in [0.4, 0.5) is 4.39 Å². The molecule has 0 fully saturated rings. The molecule has 1 unspecified atom stereocenters. The molecule has 0 spiro atoms. The standard InChI is InChI=1S/C22H25FN4O/c1-15(21-14-18(28-26-21)11-12-25-22(24)27(2)3)17-9-10-19(20(23)13-17)16-7-5-4-6-8-16/h4-10,13-15H,11-12H2,1-3H3,(H2,24,25). The Kier molecular flexibility index (Phi) is 6.09. The second kappa shape index (κ2) is 8.69. The summed E-state index contributed by atoms with van der Waals surface area (Å²) >= 11 is 0. The Balaban J connectivity index is 1.71. The van der Waals surface area contributed by atoms with E-state index in [1.165, 1.54) is 0 Å². The van der Waals surface area contributed by atoms with Crippen LogP contribution in [0.2, 0.25) is 0 Å². The second-order valence-electron chi connectivity index (χ2n) is 6.93. The number of aliphatic imine (C=N–C) groups is 1.